The van der Waals surface area contributed by atoms with Gasteiger partial charge in [0.25, 0.3) is 0 Å². The minimum atomic E-state index is -0.793. The molecule has 1 aromatic rings. The van der Waals surface area contributed by atoms with Gasteiger partial charge < -0.3 is 15.7 Å². The Morgan fingerprint density at radius 1 is 1.52 bits per heavy atom. The molecule has 5 nitrogen and oxygen atoms in total. The highest BCUT2D eigenvalue weighted by molar-refractivity contribution is 7.10. The zero-order valence-electron chi connectivity index (χ0n) is 12.2. The van der Waals surface area contributed by atoms with Gasteiger partial charge in [-0.2, -0.15) is 0 Å². The van der Waals surface area contributed by atoms with E-state index < -0.39 is 5.97 Å². The van der Waals surface area contributed by atoms with Crippen molar-refractivity contribution < 1.29 is 14.7 Å². The topological polar surface area (TPSA) is 78.4 Å². The zero-order valence-corrected chi connectivity index (χ0v) is 13.0. The molecule has 3 N–H and O–H groups in total. The van der Waals surface area contributed by atoms with Gasteiger partial charge in [-0.25, -0.2) is 4.79 Å². The molecule has 0 fully saturated rings. The van der Waals surface area contributed by atoms with Crippen molar-refractivity contribution in [2.75, 3.05) is 0 Å². The monoisotopic (exact) mass is 310 g/mol. The van der Waals surface area contributed by atoms with Crippen LogP contribution in [0.4, 0.5) is 4.79 Å². The molecule has 1 aliphatic carbocycles. The number of carbonyl (C=O) groups excluding carboxylic acids is 1. The number of hydrogen-bond donors (Lipinski definition) is 3. The van der Waals surface area contributed by atoms with Crippen molar-refractivity contribution in [3.63, 3.8) is 0 Å². The van der Waals surface area contributed by atoms with Gasteiger partial charge in [-0.3, -0.25) is 4.79 Å². The molecule has 0 radical (unpaired) electrons. The van der Waals surface area contributed by atoms with Gasteiger partial charge in [0.1, 0.15) is 0 Å². The second kappa shape index (κ2) is 7.45. The zero-order chi connectivity index (χ0) is 15.2. The summed E-state index contributed by atoms with van der Waals surface area (Å²) in [7, 11) is 0. The summed E-state index contributed by atoms with van der Waals surface area (Å²) in [5, 5.41) is 16.6. The Morgan fingerprint density at radius 2 is 2.33 bits per heavy atom. The van der Waals surface area contributed by atoms with Crippen LogP contribution in [0.5, 0.6) is 0 Å². The molecule has 2 amide bonds. The predicted octanol–water partition coefficient (Wildman–Crippen LogP) is 3.07. The van der Waals surface area contributed by atoms with Crippen molar-refractivity contribution in [1.29, 1.82) is 0 Å². The first-order valence-corrected chi connectivity index (χ1v) is 8.29. The number of amides is 2. The van der Waals surface area contributed by atoms with Gasteiger partial charge in [0.05, 0.1) is 6.04 Å². The van der Waals surface area contributed by atoms with E-state index in [1.165, 1.54) is 10.4 Å². The number of nitrogens with one attached hydrogen (secondary N) is 2. The van der Waals surface area contributed by atoms with Gasteiger partial charge in [0.2, 0.25) is 0 Å². The van der Waals surface area contributed by atoms with Gasteiger partial charge in [0, 0.05) is 17.3 Å². The Balaban J connectivity index is 1.76. The molecule has 0 saturated heterocycles. The van der Waals surface area contributed by atoms with Crippen LogP contribution in [0.25, 0.3) is 0 Å². The number of rotatable bonds is 6. The molecule has 0 aliphatic heterocycles. The predicted molar refractivity (Wildman–Crippen MR) is 82.6 cm³/mol. The average Bonchev–Trinajstić information content (AvgIpc) is 2.87. The molecular formula is C15H22N2O3S. The first kappa shape index (κ1) is 15.8. The first-order chi connectivity index (χ1) is 10.1. The SMILES string of the molecule is CC(CCCC(=O)O)NC(=O)NC1CCCc2sccc21. The molecule has 2 atom stereocenters. The second-order valence-corrected chi connectivity index (χ2v) is 6.55. The van der Waals surface area contributed by atoms with Gasteiger partial charge in [-0.05, 0) is 56.0 Å². The van der Waals surface area contributed by atoms with E-state index in [0.717, 1.165) is 19.3 Å². The van der Waals surface area contributed by atoms with Crippen molar-refractivity contribution in [2.45, 2.75) is 57.5 Å². The third-order valence-electron chi connectivity index (χ3n) is 3.76. The number of aryl methyl sites for hydroxylation is 1. The van der Waals surface area contributed by atoms with Crippen molar-refractivity contribution in [3.05, 3.63) is 21.9 Å². The summed E-state index contributed by atoms with van der Waals surface area (Å²) in [5.41, 5.74) is 1.25. The maximum atomic E-state index is 12.0. The molecule has 2 unspecified atom stereocenters. The maximum absolute atomic E-state index is 12.0. The van der Waals surface area contributed by atoms with Crippen LogP contribution < -0.4 is 10.6 Å². The van der Waals surface area contributed by atoms with E-state index in [1.807, 2.05) is 6.92 Å². The standard InChI is InChI=1S/C15H22N2O3S/c1-10(4-2-7-14(18)19)16-15(20)17-12-5-3-6-13-11(12)8-9-21-13/h8-10,12H,2-7H2,1H3,(H,18,19)(H2,16,17,20). The quantitative estimate of drug-likeness (QED) is 0.755. The highest BCUT2D eigenvalue weighted by atomic mass is 32.1. The summed E-state index contributed by atoms with van der Waals surface area (Å²) in [4.78, 5) is 23.8. The fraction of sp³-hybridized carbons (Fsp3) is 0.600. The number of carboxylic acid groups (broad SMARTS) is 1. The van der Waals surface area contributed by atoms with E-state index in [2.05, 4.69) is 22.1 Å². The van der Waals surface area contributed by atoms with Crippen LogP contribution in [0.1, 0.15) is 55.5 Å². The molecule has 21 heavy (non-hydrogen) atoms. The number of aliphatic carboxylic acids is 1. The first-order valence-electron chi connectivity index (χ1n) is 7.41. The minimum Gasteiger partial charge on any atom is -0.481 e. The molecule has 116 valence electrons. The van der Waals surface area contributed by atoms with Crippen molar-refractivity contribution >= 4 is 23.3 Å². The number of carboxylic acids is 1. The lowest BCUT2D eigenvalue weighted by atomic mass is 9.94. The Morgan fingerprint density at radius 3 is 3.10 bits per heavy atom. The smallest absolute Gasteiger partial charge is 0.315 e. The average molecular weight is 310 g/mol. The number of carbonyl (C=O) groups is 2. The molecule has 1 heterocycles. The van der Waals surface area contributed by atoms with Crippen LogP contribution in [-0.2, 0) is 11.2 Å². The summed E-state index contributed by atoms with van der Waals surface area (Å²) in [5.74, 6) is -0.793. The van der Waals surface area contributed by atoms with E-state index in [1.54, 1.807) is 11.3 Å². The van der Waals surface area contributed by atoms with Crippen molar-refractivity contribution in [2.24, 2.45) is 0 Å². The van der Waals surface area contributed by atoms with Crippen LogP contribution in [0.3, 0.4) is 0 Å². The van der Waals surface area contributed by atoms with E-state index >= 15 is 0 Å². The lowest BCUT2D eigenvalue weighted by Crippen LogP contribution is -2.42. The van der Waals surface area contributed by atoms with Crippen molar-refractivity contribution in [3.8, 4) is 0 Å². The van der Waals surface area contributed by atoms with Crippen LogP contribution in [0.15, 0.2) is 11.4 Å². The normalized spacial score (nSPS) is 18.6. The molecule has 0 saturated carbocycles. The number of fused-ring (bicyclic) bond motifs is 1. The number of thiophene rings is 1. The lowest BCUT2D eigenvalue weighted by Gasteiger charge is -2.25. The molecular weight excluding hydrogens is 288 g/mol. The number of urea groups is 1. The third kappa shape index (κ3) is 4.74. The summed E-state index contributed by atoms with van der Waals surface area (Å²) in [6.07, 6.45) is 4.59. The summed E-state index contributed by atoms with van der Waals surface area (Å²) in [6, 6.07) is 2.02. The van der Waals surface area contributed by atoms with E-state index in [9.17, 15) is 9.59 Å². The molecule has 0 bridgehead atoms. The highest BCUT2D eigenvalue weighted by Crippen LogP contribution is 2.33. The fourth-order valence-corrected chi connectivity index (χ4v) is 3.68. The fourth-order valence-electron chi connectivity index (χ4n) is 2.69. The largest absolute Gasteiger partial charge is 0.481 e. The van der Waals surface area contributed by atoms with Gasteiger partial charge in [0.15, 0.2) is 0 Å². The Labute approximate surface area is 128 Å². The Bertz CT molecular complexity index is 501. The summed E-state index contributed by atoms with van der Waals surface area (Å²) >= 11 is 1.76. The lowest BCUT2D eigenvalue weighted by molar-refractivity contribution is -0.137. The minimum absolute atomic E-state index is 0.0186. The van der Waals surface area contributed by atoms with Crippen LogP contribution in [0.2, 0.25) is 0 Å². The van der Waals surface area contributed by atoms with Gasteiger partial charge >= 0.3 is 12.0 Å². The van der Waals surface area contributed by atoms with Gasteiger partial charge in [-0.15, -0.1) is 11.3 Å². The van der Waals surface area contributed by atoms with E-state index in [0.29, 0.717) is 12.8 Å². The maximum Gasteiger partial charge on any atom is 0.315 e. The molecule has 1 aliphatic rings. The van der Waals surface area contributed by atoms with E-state index in [4.69, 9.17) is 5.11 Å². The Kier molecular flexibility index (Phi) is 5.61. The molecule has 0 spiro atoms. The van der Waals surface area contributed by atoms with Crippen LogP contribution >= 0.6 is 11.3 Å². The van der Waals surface area contributed by atoms with Crippen LogP contribution in [0, 0.1) is 0 Å². The molecule has 1 aromatic heterocycles. The third-order valence-corrected chi connectivity index (χ3v) is 4.76. The van der Waals surface area contributed by atoms with E-state index in [-0.39, 0.29) is 24.5 Å². The molecule has 2 rings (SSSR count). The Hall–Kier alpha value is -1.56. The van der Waals surface area contributed by atoms with Crippen LogP contribution in [-0.4, -0.2) is 23.1 Å². The van der Waals surface area contributed by atoms with Crippen molar-refractivity contribution in [1.82, 2.24) is 10.6 Å². The summed E-state index contributed by atoms with van der Waals surface area (Å²) in [6.45, 7) is 1.90. The highest BCUT2D eigenvalue weighted by Gasteiger charge is 2.22. The van der Waals surface area contributed by atoms with Gasteiger partial charge in [-0.1, -0.05) is 0 Å². The molecule has 6 heteroatoms. The second-order valence-electron chi connectivity index (χ2n) is 5.55. The molecule has 0 aromatic carbocycles. The number of hydrogen-bond acceptors (Lipinski definition) is 3. The summed E-state index contributed by atoms with van der Waals surface area (Å²) < 4.78 is 0.